The molecule has 162 valence electrons. The molecule has 1 heterocycles. The molecule has 0 saturated heterocycles. The number of thioether (sulfide) groups is 1. The van der Waals surface area contributed by atoms with Gasteiger partial charge in [-0.05, 0) is 24.3 Å². The Bertz CT molecular complexity index is 1280. The van der Waals surface area contributed by atoms with Gasteiger partial charge in [-0.2, -0.15) is 0 Å². The molecule has 1 aromatic heterocycles. The number of anilines is 1. The van der Waals surface area contributed by atoms with Gasteiger partial charge < -0.3 is 5.32 Å². The van der Waals surface area contributed by atoms with Gasteiger partial charge in [-0.15, -0.1) is 10.2 Å². The van der Waals surface area contributed by atoms with Crippen LogP contribution in [-0.2, 0) is 4.79 Å². The van der Waals surface area contributed by atoms with Gasteiger partial charge in [0.25, 0.3) is 0 Å². The average Bonchev–Trinajstić information content (AvgIpc) is 3.19. The maximum Gasteiger partial charge on any atom is 0.234 e. The van der Waals surface area contributed by atoms with E-state index in [1.165, 1.54) is 10.6 Å². The van der Waals surface area contributed by atoms with Gasteiger partial charge in [0, 0.05) is 17.7 Å². The van der Waals surface area contributed by atoms with Gasteiger partial charge in [-0.1, -0.05) is 42.1 Å². The predicted molar refractivity (Wildman–Crippen MR) is 112 cm³/mol. The summed E-state index contributed by atoms with van der Waals surface area (Å²) in [5.74, 6) is -3.65. The summed E-state index contributed by atoms with van der Waals surface area (Å²) in [6, 6.07) is 14.6. The van der Waals surface area contributed by atoms with E-state index >= 15 is 0 Å². The normalized spacial score (nSPS) is 10.9. The highest BCUT2D eigenvalue weighted by molar-refractivity contribution is 7.99. The molecule has 1 amide bonds. The molecule has 0 radical (unpaired) electrons. The Balaban J connectivity index is 1.63. The summed E-state index contributed by atoms with van der Waals surface area (Å²) in [6.07, 6.45) is 0. The summed E-state index contributed by atoms with van der Waals surface area (Å²) >= 11 is 0.908. The number of aromatic nitrogens is 3. The lowest BCUT2D eigenvalue weighted by Crippen LogP contribution is -2.16. The van der Waals surface area contributed by atoms with Crippen molar-refractivity contribution in [2.45, 2.75) is 5.16 Å². The Morgan fingerprint density at radius 3 is 2.34 bits per heavy atom. The highest BCUT2D eigenvalue weighted by Crippen LogP contribution is 2.29. The van der Waals surface area contributed by atoms with Crippen LogP contribution < -0.4 is 5.32 Å². The molecular weight excluding hydrogens is 444 g/mol. The van der Waals surface area contributed by atoms with Crippen LogP contribution in [0.5, 0.6) is 0 Å². The molecule has 0 aliphatic carbocycles. The van der Waals surface area contributed by atoms with Crippen molar-refractivity contribution >= 4 is 23.4 Å². The number of carbonyl (C=O) groups is 1. The zero-order chi connectivity index (χ0) is 22.7. The number of benzene rings is 3. The maximum atomic E-state index is 14.6. The first kappa shape index (κ1) is 21.6. The molecule has 10 heteroatoms. The molecule has 0 spiro atoms. The van der Waals surface area contributed by atoms with Crippen molar-refractivity contribution in [2.24, 2.45) is 0 Å². The number of amides is 1. The lowest BCUT2D eigenvalue weighted by Gasteiger charge is -2.11. The fraction of sp³-hybridized carbons (Fsp3) is 0.0455. The molecule has 0 unspecified atom stereocenters. The molecule has 3 aromatic carbocycles. The first-order chi connectivity index (χ1) is 15.4. The van der Waals surface area contributed by atoms with Gasteiger partial charge in [-0.25, -0.2) is 17.6 Å². The molecule has 0 aliphatic heterocycles. The van der Waals surface area contributed by atoms with E-state index in [9.17, 15) is 22.4 Å². The Labute approximate surface area is 184 Å². The maximum absolute atomic E-state index is 14.6. The molecule has 5 nitrogen and oxygen atoms in total. The Kier molecular flexibility index (Phi) is 6.22. The summed E-state index contributed by atoms with van der Waals surface area (Å²) in [5, 5.41) is 10.6. The third kappa shape index (κ3) is 4.65. The molecule has 4 rings (SSSR count). The average molecular weight is 458 g/mol. The minimum Gasteiger partial charge on any atom is -0.323 e. The van der Waals surface area contributed by atoms with Gasteiger partial charge in [0.2, 0.25) is 5.91 Å². The lowest BCUT2D eigenvalue weighted by atomic mass is 10.2. The van der Waals surface area contributed by atoms with E-state index in [0.29, 0.717) is 5.56 Å². The number of carbonyl (C=O) groups excluding carboxylic acids is 1. The topological polar surface area (TPSA) is 59.8 Å². The zero-order valence-electron chi connectivity index (χ0n) is 16.2. The van der Waals surface area contributed by atoms with Crippen LogP contribution in [0.15, 0.2) is 71.9 Å². The van der Waals surface area contributed by atoms with Crippen molar-refractivity contribution in [3.05, 3.63) is 90.0 Å². The highest BCUT2D eigenvalue weighted by Gasteiger charge is 2.20. The first-order valence-electron chi connectivity index (χ1n) is 9.26. The van der Waals surface area contributed by atoms with E-state index in [1.807, 2.05) is 0 Å². The predicted octanol–water partition coefficient (Wildman–Crippen LogP) is 5.22. The molecule has 4 aromatic rings. The second-order valence-corrected chi connectivity index (χ2v) is 7.51. The Morgan fingerprint density at radius 1 is 0.875 bits per heavy atom. The molecule has 1 N–H and O–H groups in total. The number of nitrogens with zero attached hydrogens (tertiary/aromatic N) is 3. The summed E-state index contributed by atoms with van der Waals surface area (Å²) < 4.78 is 56.5. The van der Waals surface area contributed by atoms with Crippen molar-refractivity contribution in [3.8, 4) is 17.1 Å². The van der Waals surface area contributed by atoms with Crippen LogP contribution >= 0.6 is 11.8 Å². The van der Waals surface area contributed by atoms with Gasteiger partial charge in [0.15, 0.2) is 11.0 Å². The van der Waals surface area contributed by atoms with Crippen molar-refractivity contribution in [2.75, 3.05) is 11.1 Å². The largest absolute Gasteiger partial charge is 0.323 e. The van der Waals surface area contributed by atoms with Crippen LogP contribution in [0.25, 0.3) is 17.1 Å². The van der Waals surface area contributed by atoms with Crippen LogP contribution in [0.2, 0.25) is 0 Å². The number of hydrogen-bond donors (Lipinski definition) is 1. The fourth-order valence-corrected chi connectivity index (χ4v) is 3.67. The van der Waals surface area contributed by atoms with Gasteiger partial charge in [0.05, 0.1) is 17.1 Å². The van der Waals surface area contributed by atoms with Crippen LogP contribution in [0.4, 0.5) is 23.2 Å². The van der Waals surface area contributed by atoms with Gasteiger partial charge in [-0.3, -0.25) is 9.36 Å². The second kappa shape index (κ2) is 9.23. The van der Waals surface area contributed by atoms with Crippen molar-refractivity contribution < 1.29 is 22.4 Å². The quantitative estimate of drug-likeness (QED) is 0.318. The number of nitrogens with one attached hydrogen (secondary N) is 1. The second-order valence-electron chi connectivity index (χ2n) is 6.56. The van der Waals surface area contributed by atoms with E-state index < -0.39 is 29.2 Å². The van der Waals surface area contributed by atoms with E-state index in [4.69, 9.17) is 0 Å². The summed E-state index contributed by atoms with van der Waals surface area (Å²) in [4.78, 5) is 12.3. The Morgan fingerprint density at radius 2 is 1.59 bits per heavy atom. The van der Waals surface area contributed by atoms with Gasteiger partial charge in [0.1, 0.15) is 23.3 Å². The summed E-state index contributed by atoms with van der Waals surface area (Å²) in [5.41, 5.74) is 0.322. The van der Waals surface area contributed by atoms with Crippen molar-refractivity contribution in [1.82, 2.24) is 14.8 Å². The highest BCUT2D eigenvalue weighted by atomic mass is 32.2. The minimum absolute atomic E-state index is 0.00524. The summed E-state index contributed by atoms with van der Waals surface area (Å²) in [6.45, 7) is 0. The minimum atomic E-state index is -0.838. The van der Waals surface area contributed by atoms with E-state index in [0.717, 1.165) is 42.1 Å². The zero-order valence-corrected chi connectivity index (χ0v) is 17.0. The fourth-order valence-electron chi connectivity index (χ4n) is 2.93. The van der Waals surface area contributed by atoms with Crippen LogP contribution in [-0.4, -0.2) is 26.4 Å². The molecule has 32 heavy (non-hydrogen) atoms. The molecule has 0 aliphatic rings. The van der Waals surface area contributed by atoms with E-state index in [2.05, 4.69) is 15.5 Å². The molecule has 0 atom stereocenters. The van der Waals surface area contributed by atoms with E-state index in [1.54, 1.807) is 30.3 Å². The van der Waals surface area contributed by atoms with Crippen LogP contribution in [0.1, 0.15) is 0 Å². The number of rotatable bonds is 6. The molecular formula is C22H14F4N4OS. The molecule has 0 saturated carbocycles. The number of halogens is 4. The van der Waals surface area contributed by atoms with Crippen molar-refractivity contribution in [1.29, 1.82) is 0 Å². The van der Waals surface area contributed by atoms with Crippen molar-refractivity contribution in [3.63, 3.8) is 0 Å². The smallest absolute Gasteiger partial charge is 0.234 e. The molecule has 0 bridgehead atoms. The lowest BCUT2D eigenvalue weighted by molar-refractivity contribution is -0.113. The molecule has 0 fully saturated rings. The SMILES string of the molecule is O=C(CSc1nnc(-c2ccccc2)n1-c1ccc(F)cc1F)Nc1cc(F)ccc1F. The van der Waals surface area contributed by atoms with Gasteiger partial charge >= 0.3 is 0 Å². The number of hydrogen-bond acceptors (Lipinski definition) is 4. The Hall–Kier alpha value is -3.66. The first-order valence-corrected chi connectivity index (χ1v) is 10.2. The standard InChI is InChI=1S/C22H14F4N4OS/c23-14-7-9-19(17(26)10-14)30-21(13-4-2-1-3-5-13)28-29-22(30)32-12-20(31)27-18-11-15(24)6-8-16(18)25/h1-11H,12H2,(H,27,31). The van der Waals surface area contributed by atoms with Crippen LogP contribution in [0.3, 0.4) is 0 Å². The van der Waals surface area contributed by atoms with Crippen LogP contribution in [0, 0.1) is 23.3 Å². The third-order valence-electron chi connectivity index (χ3n) is 4.35. The monoisotopic (exact) mass is 458 g/mol. The van der Waals surface area contributed by atoms with E-state index in [-0.39, 0.29) is 28.1 Å². The third-order valence-corrected chi connectivity index (χ3v) is 5.28. The summed E-state index contributed by atoms with van der Waals surface area (Å²) in [7, 11) is 0.